The van der Waals surface area contributed by atoms with Crippen LogP contribution in [0.25, 0.3) is 0 Å². The predicted molar refractivity (Wildman–Crippen MR) is 50.8 cm³/mol. The molecule has 0 aromatic heterocycles. The first-order valence-electron chi connectivity index (χ1n) is 4.01. The molecule has 1 N–H and O–H groups in total. The van der Waals surface area contributed by atoms with Gasteiger partial charge in [0.15, 0.2) is 0 Å². The topological polar surface area (TPSA) is 66.5 Å². The lowest BCUT2D eigenvalue weighted by molar-refractivity contribution is -0.118. The van der Waals surface area contributed by atoms with Crippen molar-refractivity contribution in [2.45, 2.75) is 13.3 Å². The molecule has 0 radical (unpaired) electrons. The van der Waals surface area contributed by atoms with E-state index >= 15 is 0 Å². The number of hydrogen-bond acceptors (Lipinski definition) is 3. The summed E-state index contributed by atoms with van der Waals surface area (Å²) in [5, 5.41) is 2.54. The zero-order valence-electron chi connectivity index (χ0n) is 8.20. The SMILES string of the molecule is CC(=O)NCCCS(=O)(=O)N(C)C. The Morgan fingerprint density at radius 3 is 2.31 bits per heavy atom. The van der Waals surface area contributed by atoms with Crippen LogP contribution in [0.1, 0.15) is 13.3 Å². The smallest absolute Gasteiger partial charge is 0.216 e. The maximum absolute atomic E-state index is 11.2. The summed E-state index contributed by atoms with van der Waals surface area (Å²) in [5.41, 5.74) is 0. The van der Waals surface area contributed by atoms with Gasteiger partial charge in [-0.2, -0.15) is 0 Å². The van der Waals surface area contributed by atoms with E-state index in [0.29, 0.717) is 13.0 Å². The minimum atomic E-state index is -3.11. The molecule has 78 valence electrons. The Kier molecular flexibility index (Phi) is 4.94. The third-order valence-electron chi connectivity index (χ3n) is 1.51. The van der Waals surface area contributed by atoms with E-state index in [1.807, 2.05) is 0 Å². The van der Waals surface area contributed by atoms with Crippen molar-refractivity contribution in [2.75, 3.05) is 26.4 Å². The molecule has 0 heterocycles. The Morgan fingerprint density at radius 1 is 1.38 bits per heavy atom. The third kappa shape index (κ3) is 5.59. The molecule has 5 nitrogen and oxygen atoms in total. The van der Waals surface area contributed by atoms with Crippen LogP contribution in [0.15, 0.2) is 0 Å². The lowest BCUT2D eigenvalue weighted by Gasteiger charge is -2.10. The Balaban J connectivity index is 3.72. The first-order valence-corrected chi connectivity index (χ1v) is 5.62. The molecule has 0 aliphatic rings. The van der Waals surface area contributed by atoms with Crippen LogP contribution in [-0.2, 0) is 14.8 Å². The highest BCUT2D eigenvalue weighted by Gasteiger charge is 2.12. The molecule has 13 heavy (non-hydrogen) atoms. The normalized spacial score (nSPS) is 11.7. The van der Waals surface area contributed by atoms with E-state index in [9.17, 15) is 13.2 Å². The van der Waals surface area contributed by atoms with Gasteiger partial charge in [-0.25, -0.2) is 12.7 Å². The molecular formula is C7H16N2O3S. The van der Waals surface area contributed by atoms with Gasteiger partial charge in [-0.05, 0) is 6.42 Å². The fraction of sp³-hybridized carbons (Fsp3) is 0.857. The predicted octanol–water partition coefficient (Wildman–Crippen LogP) is -0.596. The molecule has 0 rings (SSSR count). The molecule has 0 spiro atoms. The van der Waals surface area contributed by atoms with Gasteiger partial charge < -0.3 is 5.32 Å². The number of carbonyl (C=O) groups is 1. The van der Waals surface area contributed by atoms with Gasteiger partial charge in [0.2, 0.25) is 15.9 Å². The Hall–Kier alpha value is -0.620. The van der Waals surface area contributed by atoms with Gasteiger partial charge >= 0.3 is 0 Å². The van der Waals surface area contributed by atoms with Crippen LogP contribution in [0, 0.1) is 0 Å². The van der Waals surface area contributed by atoms with Gasteiger partial charge in [0.05, 0.1) is 5.75 Å². The van der Waals surface area contributed by atoms with Crippen molar-refractivity contribution < 1.29 is 13.2 Å². The average molecular weight is 208 g/mol. The molecule has 1 amide bonds. The van der Waals surface area contributed by atoms with E-state index in [4.69, 9.17) is 0 Å². The van der Waals surface area contributed by atoms with E-state index in [0.717, 1.165) is 0 Å². The van der Waals surface area contributed by atoms with Gasteiger partial charge in [0.25, 0.3) is 0 Å². The summed E-state index contributed by atoms with van der Waals surface area (Å²) in [4.78, 5) is 10.4. The lowest BCUT2D eigenvalue weighted by atomic mass is 10.5. The summed E-state index contributed by atoms with van der Waals surface area (Å²) in [7, 11) is -0.127. The van der Waals surface area contributed by atoms with Crippen LogP contribution in [0.2, 0.25) is 0 Å². The van der Waals surface area contributed by atoms with Crippen LogP contribution < -0.4 is 5.32 Å². The van der Waals surface area contributed by atoms with E-state index in [2.05, 4.69) is 5.32 Å². The van der Waals surface area contributed by atoms with Crippen LogP contribution in [-0.4, -0.2) is 45.0 Å². The number of hydrogen-bond donors (Lipinski definition) is 1. The van der Waals surface area contributed by atoms with Crippen molar-refractivity contribution in [2.24, 2.45) is 0 Å². The Bertz CT molecular complexity index is 259. The first kappa shape index (κ1) is 12.4. The Labute approximate surface area is 79.2 Å². The summed E-state index contributed by atoms with van der Waals surface area (Å²) in [6.45, 7) is 1.81. The number of sulfonamides is 1. The molecule has 0 aliphatic carbocycles. The maximum Gasteiger partial charge on any atom is 0.216 e. The highest BCUT2D eigenvalue weighted by molar-refractivity contribution is 7.89. The second-order valence-corrected chi connectivity index (χ2v) is 5.24. The second-order valence-electron chi connectivity index (χ2n) is 2.93. The molecule has 0 saturated heterocycles. The monoisotopic (exact) mass is 208 g/mol. The lowest BCUT2D eigenvalue weighted by Crippen LogP contribution is -2.28. The molecule has 6 heteroatoms. The average Bonchev–Trinajstić information content (AvgIpc) is 1.97. The molecular weight excluding hydrogens is 192 g/mol. The molecule has 0 aliphatic heterocycles. The van der Waals surface area contributed by atoms with E-state index in [1.54, 1.807) is 0 Å². The highest BCUT2D eigenvalue weighted by atomic mass is 32.2. The molecule has 0 saturated carbocycles. The molecule has 0 aromatic carbocycles. The molecule has 0 atom stereocenters. The second kappa shape index (κ2) is 5.18. The van der Waals surface area contributed by atoms with Crippen molar-refractivity contribution in [1.29, 1.82) is 0 Å². The zero-order chi connectivity index (χ0) is 10.5. The molecule has 0 unspecified atom stereocenters. The zero-order valence-corrected chi connectivity index (χ0v) is 9.02. The van der Waals surface area contributed by atoms with Gasteiger partial charge in [-0.3, -0.25) is 4.79 Å². The van der Waals surface area contributed by atoms with Gasteiger partial charge in [-0.15, -0.1) is 0 Å². The quantitative estimate of drug-likeness (QED) is 0.614. The fourth-order valence-corrected chi connectivity index (χ4v) is 1.58. The van der Waals surface area contributed by atoms with Crippen molar-refractivity contribution in [1.82, 2.24) is 9.62 Å². The summed E-state index contributed by atoms with van der Waals surface area (Å²) >= 11 is 0. The first-order chi connectivity index (χ1) is 5.86. The summed E-state index contributed by atoms with van der Waals surface area (Å²) in [6.07, 6.45) is 0.445. The van der Waals surface area contributed by atoms with Gasteiger partial charge in [-0.1, -0.05) is 0 Å². The molecule has 0 aromatic rings. The molecule has 0 bridgehead atoms. The number of carbonyl (C=O) groups excluding carboxylic acids is 1. The van der Waals surface area contributed by atoms with E-state index < -0.39 is 10.0 Å². The van der Waals surface area contributed by atoms with E-state index in [-0.39, 0.29) is 11.7 Å². The summed E-state index contributed by atoms with van der Waals surface area (Å²) < 4.78 is 23.6. The van der Waals surface area contributed by atoms with Crippen molar-refractivity contribution in [3.05, 3.63) is 0 Å². The van der Waals surface area contributed by atoms with Gasteiger partial charge in [0.1, 0.15) is 0 Å². The highest BCUT2D eigenvalue weighted by Crippen LogP contribution is 1.95. The van der Waals surface area contributed by atoms with E-state index in [1.165, 1.54) is 25.3 Å². The van der Waals surface area contributed by atoms with Crippen molar-refractivity contribution in [3.63, 3.8) is 0 Å². The van der Waals surface area contributed by atoms with Crippen molar-refractivity contribution in [3.8, 4) is 0 Å². The summed E-state index contributed by atoms with van der Waals surface area (Å²) in [5.74, 6) is -0.0671. The van der Waals surface area contributed by atoms with Crippen LogP contribution >= 0.6 is 0 Å². The van der Waals surface area contributed by atoms with Crippen molar-refractivity contribution >= 4 is 15.9 Å². The summed E-state index contributed by atoms with van der Waals surface area (Å²) in [6, 6.07) is 0. The minimum absolute atomic E-state index is 0.0697. The number of nitrogens with one attached hydrogen (secondary N) is 1. The van der Waals surface area contributed by atoms with Crippen LogP contribution in [0.5, 0.6) is 0 Å². The Morgan fingerprint density at radius 2 is 1.92 bits per heavy atom. The fourth-order valence-electron chi connectivity index (χ4n) is 0.702. The molecule has 0 fully saturated rings. The van der Waals surface area contributed by atoms with Crippen LogP contribution in [0.3, 0.4) is 0 Å². The number of nitrogens with zero attached hydrogens (tertiary/aromatic N) is 1. The van der Waals surface area contributed by atoms with Gasteiger partial charge in [0, 0.05) is 27.6 Å². The maximum atomic E-state index is 11.2. The largest absolute Gasteiger partial charge is 0.356 e. The number of rotatable bonds is 5. The number of amides is 1. The van der Waals surface area contributed by atoms with Crippen LogP contribution in [0.4, 0.5) is 0 Å². The minimum Gasteiger partial charge on any atom is -0.356 e. The third-order valence-corrected chi connectivity index (χ3v) is 3.43. The standard InChI is InChI=1S/C7H16N2O3S/c1-7(10)8-5-4-6-13(11,12)9(2)3/h4-6H2,1-3H3,(H,8,10).